The minimum absolute atomic E-state index is 0.281. The number of carbonyl (C=O) groups is 1. The molecule has 0 radical (unpaired) electrons. The van der Waals surface area contributed by atoms with E-state index in [0.717, 1.165) is 36.1 Å². The van der Waals surface area contributed by atoms with E-state index in [1.165, 1.54) is 69.8 Å². The fourth-order valence-electron chi connectivity index (χ4n) is 4.58. The first-order chi connectivity index (χ1) is 16.6. The molecule has 0 fully saturated rings. The van der Waals surface area contributed by atoms with E-state index in [1.807, 2.05) is 24.3 Å². The molecule has 0 saturated heterocycles. The Kier molecular flexibility index (Phi) is 10.7. The summed E-state index contributed by atoms with van der Waals surface area (Å²) in [5.41, 5.74) is 3.89. The Hall–Kier alpha value is -2.55. The van der Waals surface area contributed by atoms with E-state index in [0.29, 0.717) is 11.3 Å². The third kappa shape index (κ3) is 8.34. The van der Waals surface area contributed by atoms with E-state index >= 15 is 0 Å². The zero-order valence-electron chi connectivity index (χ0n) is 21.2. The van der Waals surface area contributed by atoms with Crippen LogP contribution in [0.2, 0.25) is 0 Å². The molecular weight excluding hydrogens is 420 g/mol. The van der Waals surface area contributed by atoms with Crippen molar-refractivity contribution in [1.82, 2.24) is 0 Å². The molecule has 0 N–H and O–H groups in total. The average Bonchev–Trinajstić information content (AvgIpc) is 2.99. The number of carbonyl (C=O) groups excluding carboxylic acids is 1. The van der Waals surface area contributed by atoms with E-state index in [-0.39, 0.29) is 6.10 Å². The summed E-state index contributed by atoms with van der Waals surface area (Å²) < 4.78 is 11.8. The van der Waals surface area contributed by atoms with Gasteiger partial charge in [-0.3, -0.25) is 0 Å². The van der Waals surface area contributed by atoms with E-state index in [2.05, 4.69) is 31.7 Å². The van der Waals surface area contributed by atoms with Gasteiger partial charge in [-0.15, -0.1) is 0 Å². The summed E-state index contributed by atoms with van der Waals surface area (Å²) in [4.78, 5) is 11.8. The molecule has 0 aromatic heterocycles. The minimum atomic E-state index is -0.401. The normalized spacial score (nSPS) is 14.8. The summed E-state index contributed by atoms with van der Waals surface area (Å²) in [5, 5.41) is 0. The zero-order chi connectivity index (χ0) is 24.2. The van der Waals surface area contributed by atoms with E-state index in [1.54, 1.807) is 6.92 Å². The van der Waals surface area contributed by atoms with Crippen LogP contribution in [0.4, 0.5) is 0 Å². The van der Waals surface area contributed by atoms with E-state index in [9.17, 15) is 4.79 Å². The molecule has 0 amide bonds. The Balaban J connectivity index is 1.47. The van der Waals surface area contributed by atoms with Crippen LogP contribution in [0.25, 0.3) is 11.1 Å². The quantitative estimate of drug-likeness (QED) is 0.122. The lowest BCUT2D eigenvalue weighted by Crippen LogP contribution is -2.16. The predicted molar refractivity (Wildman–Crippen MR) is 142 cm³/mol. The van der Waals surface area contributed by atoms with Crippen LogP contribution < -0.4 is 9.47 Å². The van der Waals surface area contributed by atoms with Crippen LogP contribution in [0, 0.1) is 0 Å². The number of aryl methyl sites for hydroxylation is 1. The molecule has 3 heteroatoms. The Morgan fingerprint density at radius 1 is 0.941 bits per heavy atom. The molecule has 2 bridgehead atoms. The Morgan fingerprint density at radius 2 is 1.59 bits per heavy atom. The average molecular weight is 463 g/mol. The van der Waals surface area contributed by atoms with Crippen molar-refractivity contribution in [1.29, 1.82) is 0 Å². The van der Waals surface area contributed by atoms with Crippen molar-refractivity contribution in [3.63, 3.8) is 0 Å². The molecule has 2 aromatic rings. The highest BCUT2D eigenvalue weighted by Gasteiger charge is 2.19. The van der Waals surface area contributed by atoms with Crippen LogP contribution in [0.1, 0.15) is 96.5 Å². The van der Waals surface area contributed by atoms with Gasteiger partial charge in [-0.1, -0.05) is 95.6 Å². The number of hydrogen-bond donors (Lipinski definition) is 0. The number of fused-ring (bicyclic) bond motifs is 2. The van der Waals surface area contributed by atoms with Gasteiger partial charge in [0.1, 0.15) is 11.5 Å². The molecule has 0 saturated carbocycles. The molecule has 0 aliphatic carbocycles. The standard InChI is InChI=1S/C31H42O3/c1-4-5-6-7-8-9-10-11-12-13-14-27-19-15-25-16-22-29(30(23-25)33-27)26-17-20-28(21-18-26)34-31(32)24(2)3/h16-18,20-23,27H,2,4-15,19H2,1,3H3. The van der Waals surface area contributed by atoms with Gasteiger partial charge in [0, 0.05) is 11.1 Å². The largest absolute Gasteiger partial charge is 0.490 e. The van der Waals surface area contributed by atoms with E-state index < -0.39 is 5.97 Å². The van der Waals surface area contributed by atoms with Crippen molar-refractivity contribution in [2.75, 3.05) is 0 Å². The van der Waals surface area contributed by atoms with Gasteiger partial charge in [-0.25, -0.2) is 4.79 Å². The summed E-state index contributed by atoms with van der Waals surface area (Å²) in [5.74, 6) is 1.10. The molecule has 1 unspecified atom stereocenters. The lowest BCUT2D eigenvalue weighted by atomic mass is 10.0. The number of hydrogen-bond acceptors (Lipinski definition) is 3. The number of rotatable bonds is 14. The second-order valence-electron chi connectivity index (χ2n) is 9.77. The Labute approximate surface area is 206 Å². The number of unbranched alkanes of at least 4 members (excludes halogenated alkanes) is 9. The molecule has 0 spiro atoms. The van der Waals surface area contributed by atoms with Crippen molar-refractivity contribution >= 4 is 5.97 Å². The molecule has 1 aliphatic heterocycles. The maximum Gasteiger partial charge on any atom is 0.338 e. The minimum Gasteiger partial charge on any atom is -0.490 e. The molecule has 3 rings (SSSR count). The van der Waals surface area contributed by atoms with Gasteiger partial charge in [0.15, 0.2) is 0 Å². The molecule has 1 heterocycles. The summed E-state index contributed by atoms with van der Waals surface area (Å²) in [6.45, 7) is 7.56. The van der Waals surface area contributed by atoms with Crippen molar-refractivity contribution in [2.24, 2.45) is 0 Å². The maximum absolute atomic E-state index is 11.8. The lowest BCUT2D eigenvalue weighted by molar-refractivity contribution is -0.130. The van der Waals surface area contributed by atoms with Crippen molar-refractivity contribution < 1.29 is 14.3 Å². The van der Waals surface area contributed by atoms with Crippen LogP contribution in [-0.2, 0) is 11.2 Å². The Morgan fingerprint density at radius 3 is 2.24 bits per heavy atom. The van der Waals surface area contributed by atoms with Crippen LogP contribution in [0.15, 0.2) is 54.6 Å². The molecule has 184 valence electrons. The van der Waals surface area contributed by atoms with Gasteiger partial charge in [0.05, 0.1) is 6.10 Å². The molecule has 3 nitrogen and oxygen atoms in total. The highest BCUT2D eigenvalue weighted by Crippen LogP contribution is 2.36. The predicted octanol–water partition coefficient (Wildman–Crippen LogP) is 8.84. The van der Waals surface area contributed by atoms with Crippen LogP contribution in [-0.4, -0.2) is 12.1 Å². The van der Waals surface area contributed by atoms with Crippen molar-refractivity contribution in [2.45, 2.75) is 103 Å². The maximum atomic E-state index is 11.8. The van der Waals surface area contributed by atoms with Gasteiger partial charge in [-0.2, -0.15) is 0 Å². The molecular formula is C31H42O3. The van der Waals surface area contributed by atoms with Crippen molar-refractivity contribution in [3.8, 4) is 22.6 Å². The summed E-state index contributed by atoms with van der Waals surface area (Å²) in [6, 6.07) is 14.2. The second-order valence-corrected chi connectivity index (χ2v) is 9.77. The SMILES string of the molecule is C=C(C)C(=O)Oc1ccc(-c2ccc3cc2OC(CCCCCCCCCCCC)CC3)cc1. The zero-order valence-corrected chi connectivity index (χ0v) is 21.2. The first kappa shape index (κ1) is 26.1. The number of ether oxygens (including phenoxy) is 2. The fraction of sp³-hybridized carbons (Fsp3) is 0.516. The third-order valence-electron chi connectivity index (χ3n) is 6.70. The first-order valence-corrected chi connectivity index (χ1v) is 13.3. The number of benzene rings is 2. The highest BCUT2D eigenvalue weighted by molar-refractivity contribution is 5.88. The fourth-order valence-corrected chi connectivity index (χ4v) is 4.58. The smallest absolute Gasteiger partial charge is 0.338 e. The van der Waals surface area contributed by atoms with E-state index in [4.69, 9.17) is 9.47 Å². The van der Waals surface area contributed by atoms with Crippen LogP contribution >= 0.6 is 0 Å². The topological polar surface area (TPSA) is 35.5 Å². The number of esters is 1. The molecule has 2 aromatic carbocycles. The monoisotopic (exact) mass is 462 g/mol. The molecule has 34 heavy (non-hydrogen) atoms. The molecule has 1 aliphatic rings. The third-order valence-corrected chi connectivity index (χ3v) is 6.70. The Bertz CT molecular complexity index is 913. The van der Waals surface area contributed by atoms with Crippen LogP contribution in [0.5, 0.6) is 11.5 Å². The van der Waals surface area contributed by atoms with Gasteiger partial charge >= 0.3 is 5.97 Å². The van der Waals surface area contributed by atoms with Gasteiger partial charge in [-0.05, 0) is 61.9 Å². The summed E-state index contributed by atoms with van der Waals surface area (Å²) in [6.07, 6.45) is 17.2. The first-order valence-electron chi connectivity index (χ1n) is 13.3. The summed E-state index contributed by atoms with van der Waals surface area (Å²) in [7, 11) is 0. The second kappa shape index (κ2) is 14.0. The van der Waals surface area contributed by atoms with Gasteiger partial charge < -0.3 is 9.47 Å². The molecule has 1 atom stereocenters. The lowest BCUT2D eigenvalue weighted by Gasteiger charge is -2.18. The van der Waals surface area contributed by atoms with Crippen LogP contribution in [0.3, 0.4) is 0 Å². The van der Waals surface area contributed by atoms with Gasteiger partial charge in [0.2, 0.25) is 0 Å². The van der Waals surface area contributed by atoms with Crippen molar-refractivity contribution in [3.05, 3.63) is 60.2 Å². The summed E-state index contributed by atoms with van der Waals surface area (Å²) >= 11 is 0. The van der Waals surface area contributed by atoms with Gasteiger partial charge in [0.25, 0.3) is 0 Å². The highest BCUT2D eigenvalue weighted by atomic mass is 16.5.